The van der Waals surface area contributed by atoms with E-state index in [1.54, 1.807) is 0 Å². The second kappa shape index (κ2) is 6.84. The zero-order valence-electron chi connectivity index (χ0n) is 13.4. The van der Waals surface area contributed by atoms with Crippen molar-refractivity contribution >= 4 is 0 Å². The molecule has 2 saturated heterocycles. The zero-order chi connectivity index (χ0) is 16.4. The smallest absolute Gasteiger partial charge is 0.164 e. The van der Waals surface area contributed by atoms with Crippen molar-refractivity contribution in [2.24, 2.45) is 0 Å². The first-order chi connectivity index (χ1) is 11.0. The Labute approximate surface area is 135 Å². The Morgan fingerprint density at radius 3 is 2.57 bits per heavy atom. The average Bonchev–Trinajstić information content (AvgIpc) is 3.01. The van der Waals surface area contributed by atoms with Crippen LogP contribution in [-0.2, 0) is 25.6 Å². The van der Waals surface area contributed by atoms with Gasteiger partial charge in [-0.15, -0.1) is 0 Å². The second-order valence-electron chi connectivity index (χ2n) is 6.45. The van der Waals surface area contributed by atoms with E-state index in [0.29, 0.717) is 13.2 Å². The molecule has 5 atom stereocenters. The molecule has 0 bridgehead atoms. The summed E-state index contributed by atoms with van der Waals surface area (Å²) in [4.78, 5) is 0. The SMILES string of the molecule is CC1(C)O[C@@H]2[C@@H]([C@H](O)CO)OC(COCc3ccccc3)[C@@H]2O1. The van der Waals surface area contributed by atoms with Crippen molar-refractivity contribution in [2.75, 3.05) is 13.2 Å². The second-order valence-corrected chi connectivity index (χ2v) is 6.45. The lowest BCUT2D eigenvalue weighted by atomic mass is 10.0. The number of aliphatic hydroxyl groups excluding tert-OH is 2. The van der Waals surface area contributed by atoms with Crippen LogP contribution in [0, 0.1) is 0 Å². The Bertz CT molecular complexity index is 505. The minimum absolute atomic E-state index is 0.313. The molecule has 0 aliphatic carbocycles. The first-order valence-corrected chi connectivity index (χ1v) is 7.92. The van der Waals surface area contributed by atoms with Gasteiger partial charge in [0, 0.05) is 0 Å². The molecule has 0 spiro atoms. The predicted molar refractivity (Wildman–Crippen MR) is 81.7 cm³/mol. The summed E-state index contributed by atoms with van der Waals surface area (Å²) in [6.45, 7) is 4.10. The molecule has 2 heterocycles. The molecule has 1 unspecified atom stereocenters. The summed E-state index contributed by atoms with van der Waals surface area (Å²) in [6, 6.07) is 9.88. The van der Waals surface area contributed by atoms with Crippen molar-refractivity contribution in [1.82, 2.24) is 0 Å². The van der Waals surface area contributed by atoms with Crippen molar-refractivity contribution in [1.29, 1.82) is 0 Å². The van der Waals surface area contributed by atoms with E-state index in [4.69, 9.17) is 18.9 Å². The molecule has 0 aromatic heterocycles. The van der Waals surface area contributed by atoms with Gasteiger partial charge in [0.1, 0.15) is 30.5 Å². The fourth-order valence-corrected chi connectivity index (χ4v) is 3.13. The largest absolute Gasteiger partial charge is 0.394 e. The van der Waals surface area contributed by atoms with E-state index < -0.39 is 24.1 Å². The van der Waals surface area contributed by atoms with E-state index in [-0.39, 0.29) is 18.8 Å². The third kappa shape index (κ3) is 3.74. The fraction of sp³-hybridized carbons (Fsp3) is 0.647. The molecule has 2 aliphatic rings. The summed E-state index contributed by atoms with van der Waals surface area (Å²) in [5.41, 5.74) is 1.08. The zero-order valence-corrected chi connectivity index (χ0v) is 13.4. The molecule has 0 amide bonds. The molecule has 0 saturated carbocycles. The molecule has 0 radical (unpaired) electrons. The normalized spacial score (nSPS) is 33.6. The lowest BCUT2D eigenvalue weighted by Gasteiger charge is -2.25. The first kappa shape index (κ1) is 16.8. The van der Waals surface area contributed by atoms with Crippen LogP contribution < -0.4 is 0 Å². The molecular formula is C17H24O6. The van der Waals surface area contributed by atoms with Gasteiger partial charge in [-0.3, -0.25) is 0 Å². The fourth-order valence-electron chi connectivity index (χ4n) is 3.13. The standard InChI is InChI=1S/C17H24O6/c1-17(2)22-15-13(10-20-9-11-6-4-3-5-7-11)21-14(12(19)8-18)16(15)23-17/h3-7,12-16,18-19H,8-10H2,1-2H3/t12-,13?,14-,15+,16-/m1/s1. The first-order valence-electron chi connectivity index (χ1n) is 7.92. The number of ether oxygens (including phenoxy) is 4. The lowest BCUT2D eigenvalue weighted by molar-refractivity contribution is -0.204. The Morgan fingerprint density at radius 1 is 1.17 bits per heavy atom. The van der Waals surface area contributed by atoms with Crippen molar-refractivity contribution in [3.63, 3.8) is 0 Å². The highest BCUT2D eigenvalue weighted by Gasteiger charge is 2.56. The molecule has 2 fully saturated rings. The maximum absolute atomic E-state index is 9.94. The molecule has 128 valence electrons. The Kier molecular flexibility index (Phi) is 5.01. The van der Waals surface area contributed by atoms with E-state index >= 15 is 0 Å². The number of aliphatic hydroxyl groups is 2. The maximum atomic E-state index is 9.94. The van der Waals surface area contributed by atoms with E-state index in [2.05, 4.69) is 0 Å². The molecule has 2 N–H and O–H groups in total. The Hall–Kier alpha value is -1.02. The molecule has 23 heavy (non-hydrogen) atoms. The van der Waals surface area contributed by atoms with Crippen molar-refractivity contribution in [2.45, 2.75) is 56.8 Å². The van der Waals surface area contributed by atoms with Crippen molar-refractivity contribution < 1.29 is 29.2 Å². The molecule has 1 aromatic carbocycles. The monoisotopic (exact) mass is 324 g/mol. The minimum Gasteiger partial charge on any atom is -0.394 e. The summed E-state index contributed by atoms with van der Waals surface area (Å²) in [5.74, 6) is -0.732. The molecule has 6 nitrogen and oxygen atoms in total. The highest BCUT2D eigenvalue weighted by molar-refractivity contribution is 5.13. The van der Waals surface area contributed by atoms with Crippen LogP contribution in [0.15, 0.2) is 30.3 Å². The van der Waals surface area contributed by atoms with Crippen molar-refractivity contribution in [3.05, 3.63) is 35.9 Å². The van der Waals surface area contributed by atoms with Crippen LogP contribution in [0.2, 0.25) is 0 Å². The van der Waals surface area contributed by atoms with Crippen LogP contribution in [0.1, 0.15) is 19.4 Å². The van der Waals surface area contributed by atoms with Gasteiger partial charge >= 0.3 is 0 Å². The van der Waals surface area contributed by atoms with Crippen LogP contribution in [0.4, 0.5) is 0 Å². The third-order valence-corrected chi connectivity index (χ3v) is 4.15. The van der Waals surface area contributed by atoms with E-state index in [1.165, 1.54) is 0 Å². The predicted octanol–water partition coefficient (Wildman–Crippen LogP) is 0.844. The number of hydrogen-bond donors (Lipinski definition) is 2. The number of hydrogen-bond acceptors (Lipinski definition) is 6. The molecule has 6 heteroatoms. The summed E-state index contributed by atoms with van der Waals surface area (Å²) in [6.07, 6.45) is -2.67. The van der Waals surface area contributed by atoms with Gasteiger partial charge in [-0.25, -0.2) is 0 Å². The topological polar surface area (TPSA) is 77.4 Å². The van der Waals surface area contributed by atoms with Crippen LogP contribution in [-0.4, -0.2) is 59.7 Å². The Morgan fingerprint density at radius 2 is 1.87 bits per heavy atom. The number of fused-ring (bicyclic) bond motifs is 1. The van der Waals surface area contributed by atoms with Crippen LogP contribution in [0.5, 0.6) is 0 Å². The van der Waals surface area contributed by atoms with E-state index in [0.717, 1.165) is 5.56 Å². The highest BCUT2D eigenvalue weighted by Crippen LogP contribution is 2.39. The van der Waals surface area contributed by atoms with Gasteiger partial charge < -0.3 is 29.2 Å². The van der Waals surface area contributed by atoms with Gasteiger partial charge in [0.25, 0.3) is 0 Å². The summed E-state index contributed by atoms with van der Waals surface area (Å²) in [7, 11) is 0. The number of rotatable bonds is 6. The van der Waals surface area contributed by atoms with Gasteiger partial charge in [-0.05, 0) is 19.4 Å². The van der Waals surface area contributed by atoms with Crippen LogP contribution in [0.25, 0.3) is 0 Å². The molecule has 3 rings (SSSR count). The van der Waals surface area contributed by atoms with E-state index in [1.807, 2.05) is 44.2 Å². The molecule has 1 aromatic rings. The summed E-state index contributed by atoms with van der Waals surface area (Å²) >= 11 is 0. The summed E-state index contributed by atoms with van der Waals surface area (Å²) in [5, 5.41) is 19.1. The van der Waals surface area contributed by atoms with Gasteiger partial charge in [0.2, 0.25) is 0 Å². The minimum atomic E-state index is -1.00. The lowest BCUT2D eigenvalue weighted by Crippen LogP contribution is -2.40. The van der Waals surface area contributed by atoms with Crippen molar-refractivity contribution in [3.8, 4) is 0 Å². The van der Waals surface area contributed by atoms with Gasteiger partial charge in [0.15, 0.2) is 5.79 Å². The maximum Gasteiger partial charge on any atom is 0.164 e. The van der Waals surface area contributed by atoms with E-state index in [9.17, 15) is 10.2 Å². The van der Waals surface area contributed by atoms with Gasteiger partial charge in [-0.2, -0.15) is 0 Å². The summed E-state index contributed by atoms with van der Waals surface area (Å²) < 4.78 is 23.3. The Balaban J connectivity index is 1.60. The van der Waals surface area contributed by atoms with Crippen LogP contribution >= 0.6 is 0 Å². The third-order valence-electron chi connectivity index (χ3n) is 4.15. The molecular weight excluding hydrogens is 300 g/mol. The molecule has 2 aliphatic heterocycles. The van der Waals surface area contributed by atoms with Gasteiger partial charge in [-0.1, -0.05) is 30.3 Å². The quantitative estimate of drug-likeness (QED) is 0.808. The average molecular weight is 324 g/mol. The highest BCUT2D eigenvalue weighted by atomic mass is 16.8. The number of benzene rings is 1. The van der Waals surface area contributed by atoms with Gasteiger partial charge in [0.05, 0.1) is 19.8 Å². The van der Waals surface area contributed by atoms with Crippen LogP contribution in [0.3, 0.4) is 0 Å².